The van der Waals surface area contributed by atoms with Gasteiger partial charge in [0.25, 0.3) is 5.91 Å². The molecule has 0 saturated heterocycles. The van der Waals surface area contributed by atoms with Gasteiger partial charge < -0.3 is 38.8 Å². The van der Waals surface area contributed by atoms with Crippen LogP contribution in [0.5, 0.6) is 11.5 Å². The summed E-state index contributed by atoms with van der Waals surface area (Å²) in [6.07, 6.45) is -0.424. The Morgan fingerprint density at radius 2 is 1.82 bits per heavy atom. The van der Waals surface area contributed by atoms with E-state index in [1.807, 2.05) is 12.1 Å². The monoisotopic (exact) mass is 691 g/mol. The van der Waals surface area contributed by atoms with Gasteiger partial charge in [-0.05, 0) is 82.9 Å². The standard InChI is InChI=1S/C38H45NO11/c1-21-14-17-37-29-24-12-13-26(45-6)31(29)49-32(37)27(15-18-38(37,44)25(21)20-24)47-34(42)30(23-10-8-7-9-11-23)48-28(40)16-19-39-33(41)22(2)46-35(43)50-36(3,4)5/h7-13,15,21-22,25,30,32,44H,14,16-20H2,1-6H3,(H,39,41)/t21?,22-,25-,30-,32-,37-,38+/m0/s1. The lowest BCUT2D eigenvalue weighted by atomic mass is 9.45. The normalized spacial score (nSPS) is 26.9. The van der Waals surface area contributed by atoms with E-state index in [4.69, 9.17) is 28.4 Å². The van der Waals surface area contributed by atoms with Crippen LogP contribution in [0, 0.1) is 11.8 Å². The Kier molecular flexibility index (Phi) is 9.36. The average Bonchev–Trinajstić information content (AvgIpc) is 3.42. The molecule has 1 fully saturated rings. The Morgan fingerprint density at radius 3 is 2.52 bits per heavy atom. The molecule has 3 aliphatic carbocycles. The highest BCUT2D eigenvalue weighted by Crippen LogP contribution is 2.68. The highest BCUT2D eigenvalue weighted by Gasteiger charge is 2.72. The van der Waals surface area contributed by atoms with Crippen LogP contribution in [0.4, 0.5) is 4.79 Å². The summed E-state index contributed by atoms with van der Waals surface area (Å²) in [6.45, 7) is 8.43. The predicted octanol–water partition coefficient (Wildman–Crippen LogP) is 4.99. The molecule has 268 valence electrons. The third-order valence-electron chi connectivity index (χ3n) is 10.4. The molecule has 1 saturated carbocycles. The van der Waals surface area contributed by atoms with Gasteiger partial charge in [0.05, 0.1) is 24.5 Å². The molecule has 50 heavy (non-hydrogen) atoms. The number of carbonyl (C=O) groups is 4. The third-order valence-corrected chi connectivity index (χ3v) is 10.4. The predicted molar refractivity (Wildman–Crippen MR) is 178 cm³/mol. The van der Waals surface area contributed by atoms with Crippen molar-refractivity contribution in [2.45, 2.75) is 102 Å². The number of aliphatic hydroxyl groups is 1. The number of ether oxygens (including phenoxy) is 6. The van der Waals surface area contributed by atoms with Crippen LogP contribution in [-0.4, -0.2) is 66.2 Å². The molecule has 0 aromatic heterocycles. The molecule has 7 atom stereocenters. The first-order valence-electron chi connectivity index (χ1n) is 17.1. The van der Waals surface area contributed by atoms with Gasteiger partial charge in [-0.2, -0.15) is 0 Å². The van der Waals surface area contributed by atoms with E-state index in [1.54, 1.807) is 64.3 Å². The van der Waals surface area contributed by atoms with Crippen molar-refractivity contribution in [3.63, 3.8) is 0 Å². The van der Waals surface area contributed by atoms with Crippen molar-refractivity contribution in [3.8, 4) is 11.5 Å². The number of benzene rings is 2. The lowest BCUT2D eigenvalue weighted by Crippen LogP contribution is -2.69. The zero-order valence-corrected chi connectivity index (χ0v) is 29.3. The zero-order valence-electron chi connectivity index (χ0n) is 29.3. The summed E-state index contributed by atoms with van der Waals surface area (Å²) in [4.78, 5) is 51.4. The number of carbonyl (C=O) groups excluding carboxylic acids is 4. The molecule has 1 spiro atoms. The summed E-state index contributed by atoms with van der Waals surface area (Å²) in [7, 11) is 1.57. The smallest absolute Gasteiger partial charge is 0.493 e. The van der Waals surface area contributed by atoms with Crippen molar-refractivity contribution in [2.24, 2.45) is 11.8 Å². The second-order valence-corrected chi connectivity index (χ2v) is 14.6. The van der Waals surface area contributed by atoms with E-state index in [2.05, 4.69) is 12.2 Å². The van der Waals surface area contributed by atoms with E-state index in [9.17, 15) is 24.3 Å². The fraction of sp³-hybridized carbons (Fsp3) is 0.526. The highest BCUT2D eigenvalue weighted by atomic mass is 16.7. The van der Waals surface area contributed by atoms with Gasteiger partial charge >= 0.3 is 18.1 Å². The second-order valence-electron chi connectivity index (χ2n) is 14.6. The molecule has 0 radical (unpaired) electrons. The first-order chi connectivity index (χ1) is 23.7. The van der Waals surface area contributed by atoms with Crippen LogP contribution in [0.2, 0.25) is 0 Å². The maximum absolute atomic E-state index is 14.0. The van der Waals surface area contributed by atoms with Crippen LogP contribution in [-0.2, 0) is 45.2 Å². The number of nitrogens with one attached hydrogen (secondary N) is 1. The second kappa shape index (κ2) is 13.3. The molecule has 2 aromatic carbocycles. The molecule has 4 aliphatic rings. The lowest BCUT2D eigenvalue weighted by Gasteiger charge is -2.61. The van der Waals surface area contributed by atoms with E-state index >= 15 is 0 Å². The van der Waals surface area contributed by atoms with Crippen molar-refractivity contribution in [1.29, 1.82) is 0 Å². The minimum Gasteiger partial charge on any atom is -0.493 e. The largest absolute Gasteiger partial charge is 0.509 e. The van der Waals surface area contributed by atoms with Gasteiger partial charge in [-0.15, -0.1) is 0 Å². The van der Waals surface area contributed by atoms with Crippen LogP contribution in [0.25, 0.3) is 0 Å². The lowest BCUT2D eigenvalue weighted by molar-refractivity contribution is -0.177. The van der Waals surface area contributed by atoms with Crippen LogP contribution in [0.3, 0.4) is 0 Å². The van der Waals surface area contributed by atoms with Gasteiger partial charge in [0.1, 0.15) is 11.4 Å². The highest BCUT2D eigenvalue weighted by molar-refractivity contribution is 5.84. The molecule has 2 aromatic rings. The molecule has 1 aliphatic heterocycles. The molecule has 2 bridgehead atoms. The fourth-order valence-electron chi connectivity index (χ4n) is 8.11. The first kappa shape index (κ1) is 35.3. The summed E-state index contributed by atoms with van der Waals surface area (Å²) in [5.41, 5.74) is -0.318. The summed E-state index contributed by atoms with van der Waals surface area (Å²) in [5.74, 6) is -0.589. The number of rotatable bonds is 10. The minimum atomic E-state index is -1.42. The van der Waals surface area contributed by atoms with Gasteiger partial charge in [-0.3, -0.25) is 9.59 Å². The summed E-state index contributed by atoms with van der Waals surface area (Å²) in [5, 5.41) is 15.0. The van der Waals surface area contributed by atoms with Gasteiger partial charge in [-0.1, -0.05) is 43.3 Å². The molecule has 6 rings (SSSR count). The van der Waals surface area contributed by atoms with Crippen LogP contribution in [0.1, 0.15) is 83.1 Å². The van der Waals surface area contributed by atoms with Crippen molar-refractivity contribution in [3.05, 3.63) is 71.0 Å². The number of hydrogen-bond donors (Lipinski definition) is 2. The Hall–Kier alpha value is -4.58. The van der Waals surface area contributed by atoms with Crippen molar-refractivity contribution < 1.29 is 52.7 Å². The summed E-state index contributed by atoms with van der Waals surface area (Å²) in [6, 6.07) is 12.4. The molecule has 2 N–H and O–H groups in total. The van der Waals surface area contributed by atoms with Crippen LogP contribution in [0.15, 0.2) is 54.3 Å². The SMILES string of the molecule is COc1ccc2c3c1O[C@H]1C(OC(=O)[C@@H](OC(=O)CCNC(=O)[C@H](C)OC(=O)OC(C)(C)C)c4ccccc4)=CC[C@@]4(O)[C@@H](C2)C(C)CC[C@]314. The van der Waals surface area contributed by atoms with E-state index in [1.165, 1.54) is 6.92 Å². The number of esters is 2. The minimum absolute atomic E-state index is 0.00642. The van der Waals surface area contributed by atoms with Gasteiger partial charge in [-0.25, -0.2) is 9.59 Å². The molecular formula is C38H45NO11. The van der Waals surface area contributed by atoms with Gasteiger partial charge in [0, 0.05) is 17.7 Å². The quantitative estimate of drug-likeness (QED) is 0.256. The maximum atomic E-state index is 14.0. The van der Waals surface area contributed by atoms with E-state index in [0.29, 0.717) is 29.9 Å². The molecule has 1 amide bonds. The Morgan fingerprint density at radius 1 is 1.08 bits per heavy atom. The number of amides is 1. The summed E-state index contributed by atoms with van der Waals surface area (Å²) >= 11 is 0. The summed E-state index contributed by atoms with van der Waals surface area (Å²) < 4.78 is 34.1. The first-order valence-corrected chi connectivity index (χ1v) is 17.1. The van der Waals surface area contributed by atoms with E-state index < -0.39 is 58.9 Å². The molecular weight excluding hydrogens is 646 g/mol. The van der Waals surface area contributed by atoms with Gasteiger partial charge in [0.15, 0.2) is 23.7 Å². The number of hydrogen-bond acceptors (Lipinski definition) is 11. The Balaban J connectivity index is 1.17. The molecule has 12 nitrogen and oxygen atoms in total. The Labute approximate surface area is 291 Å². The third kappa shape index (κ3) is 6.18. The average molecular weight is 692 g/mol. The van der Waals surface area contributed by atoms with Gasteiger partial charge in [0.2, 0.25) is 6.10 Å². The zero-order chi connectivity index (χ0) is 36.0. The van der Waals surface area contributed by atoms with Crippen molar-refractivity contribution >= 4 is 24.0 Å². The van der Waals surface area contributed by atoms with Crippen molar-refractivity contribution in [1.82, 2.24) is 5.32 Å². The van der Waals surface area contributed by atoms with Crippen molar-refractivity contribution in [2.75, 3.05) is 13.7 Å². The topological polar surface area (TPSA) is 156 Å². The number of methoxy groups -OCH3 is 1. The molecule has 12 heteroatoms. The van der Waals surface area contributed by atoms with Crippen LogP contribution >= 0.6 is 0 Å². The Bertz CT molecular complexity index is 1700. The van der Waals surface area contributed by atoms with E-state index in [-0.39, 0.29) is 37.0 Å². The maximum Gasteiger partial charge on any atom is 0.509 e. The fourth-order valence-corrected chi connectivity index (χ4v) is 8.11. The molecule has 1 heterocycles. The van der Waals surface area contributed by atoms with E-state index in [0.717, 1.165) is 17.5 Å². The van der Waals surface area contributed by atoms with Crippen LogP contribution < -0.4 is 14.8 Å². The molecule has 1 unspecified atom stereocenters.